The van der Waals surface area contributed by atoms with Gasteiger partial charge < -0.3 is 5.11 Å². The molecule has 0 aromatic heterocycles. The first-order valence-corrected chi connectivity index (χ1v) is 4.83. The average Bonchev–Trinajstić information content (AvgIpc) is 2.63. The Labute approximate surface area is 77.4 Å². The highest BCUT2D eigenvalue weighted by Gasteiger charge is 2.50. The van der Waals surface area contributed by atoms with Gasteiger partial charge in [-0.3, -0.25) is 4.79 Å². The maximum absolute atomic E-state index is 11.0. The van der Waals surface area contributed by atoms with E-state index in [9.17, 15) is 4.79 Å². The Morgan fingerprint density at radius 2 is 2.15 bits per heavy atom. The van der Waals surface area contributed by atoms with Gasteiger partial charge in [0, 0.05) is 6.42 Å². The van der Waals surface area contributed by atoms with Gasteiger partial charge in [-0.25, -0.2) is 0 Å². The quantitative estimate of drug-likeness (QED) is 0.701. The molecule has 3 heteroatoms. The molecule has 0 aromatic carbocycles. The van der Waals surface area contributed by atoms with Crippen LogP contribution in [0.15, 0.2) is 0 Å². The summed E-state index contributed by atoms with van der Waals surface area (Å²) in [6.07, 6.45) is 3.67. The summed E-state index contributed by atoms with van der Waals surface area (Å²) in [6.45, 7) is 0. The predicted molar refractivity (Wildman–Crippen MR) is 45.7 cm³/mol. The predicted octanol–water partition coefficient (Wildman–Crippen LogP) is 1.65. The van der Waals surface area contributed by atoms with Crippen molar-refractivity contribution in [2.24, 2.45) is 23.7 Å². The van der Waals surface area contributed by atoms with Crippen LogP contribution in [-0.2, 0) is 4.79 Å². The van der Waals surface area contributed by atoms with Crippen LogP contribution in [0.4, 0.5) is 0 Å². The van der Waals surface area contributed by atoms with Crippen LogP contribution >= 0.6 is 0 Å². The van der Waals surface area contributed by atoms with Crippen molar-refractivity contribution in [1.29, 1.82) is 5.26 Å². The average molecular weight is 179 g/mol. The minimum absolute atomic E-state index is 0.140. The first-order valence-electron chi connectivity index (χ1n) is 4.83. The Hall–Kier alpha value is -1.04. The van der Waals surface area contributed by atoms with E-state index in [1.54, 1.807) is 0 Å². The molecule has 2 fully saturated rings. The Morgan fingerprint density at radius 3 is 2.77 bits per heavy atom. The van der Waals surface area contributed by atoms with Crippen LogP contribution in [0.5, 0.6) is 0 Å². The molecule has 1 N–H and O–H groups in total. The largest absolute Gasteiger partial charge is 0.481 e. The van der Waals surface area contributed by atoms with Crippen molar-refractivity contribution in [2.75, 3.05) is 0 Å². The van der Waals surface area contributed by atoms with Crippen molar-refractivity contribution in [3.8, 4) is 6.07 Å². The molecule has 70 valence electrons. The molecule has 4 atom stereocenters. The molecule has 0 heterocycles. The maximum Gasteiger partial charge on any atom is 0.307 e. The number of carboxylic acid groups (broad SMARTS) is 1. The van der Waals surface area contributed by atoms with Crippen LogP contribution < -0.4 is 0 Å². The highest BCUT2D eigenvalue weighted by atomic mass is 16.4. The molecular weight excluding hydrogens is 166 g/mol. The second-order valence-corrected chi connectivity index (χ2v) is 4.22. The number of nitriles is 1. The monoisotopic (exact) mass is 179 g/mol. The summed E-state index contributed by atoms with van der Waals surface area (Å²) in [5, 5.41) is 17.6. The van der Waals surface area contributed by atoms with Gasteiger partial charge in [-0.15, -0.1) is 0 Å². The third-order valence-corrected chi connectivity index (χ3v) is 3.70. The van der Waals surface area contributed by atoms with Gasteiger partial charge in [0.25, 0.3) is 0 Å². The molecule has 2 bridgehead atoms. The van der Waals surface area contributed by atoms with E-state index in [4.69, 9.17) is 10.4 Å². The van der Waals surface area contributed by atoms with E-state index >= 15 is 0 Å². The molecule has 0 radical (unpaired) electrons. The van der Waals surface area contributed by atoms with E-state index in [0.29, 0.717) is 18.3 Å². The lowest BCUT2D eigenvalue weighted by Gasteiger charge is -2.25. The Morgan fingerprint density at radius 1 is 1.46 bits per heavy atom. The van der Waals surface area contributed by atoms with Gasteiger partial charge in [-0.05, 0) is 37.0 Å². The number of nitrogens with zero attached hydrogens (tertiary/aromatic N) is 1. The van der Waals surface area contributed by atoms with Crippen LogP contribution in [0.1, 0.15) is 25.7 Å². The lowest BCUT2D eigenvalue weighted by molar-refractivity contribution is -0.145. The molecule has 0 amide bonds. The second-order valence-electron chi connectivity index (χ2n) is 4.22. The Kier molecular flexibility index (Phi) is 1.99. The van der Waals surface area contributed by atoms with Crippen LogP contribution in [0, 0.1) is 35.0 Å². The van der Waals surface area contributed by atoms with E-state index in [-0.39, 0.29) is 11.8 Å². The lowest BCUT2D eigenvalue weighted by atomic mass is 9.78. The zero-order chi connectivity index (χ0) is 9.42. The van der Waals surface area contributed by atoms with Gasteiger partial charge in [0.1, 0.15) is 0 Å². The summed E-state index contributed by atoms with van der Waals surface area (Å²) >= 11 is 0. The van der Waals surface area contributed by atoms with Gasteiger partial charge in [0.05, 0.1) is 12.0 Å². The molecule has 4 unspecified atom stereocenters. The van der Waals surface area contributed by atoms with Gasteiger partial charge in [-0.2, -0.15) is 5.26 Å². The van der Waals surface area contributed by atoms with E-state index in [0.717, 1.165) is 19.3 Å². The smallest absolute Gasteiger partial charge is 0.307 e. The van der Waals surface area contributed by atoms with Crippen molar-refractivity contribution in [3.05, 3.63) is 0 Å². The highest BCUT2D eigenvalue weighted by molar-refractivity contribution is 5.71. The summed E-state index contributed by atoms with van der Waals surface area (Å²) in [4.78, 5) is 11.0. The van der Waals surface area contributed by atoms with Crippen molar-refractivity contribution in [2.45, 2.75) is 25.7 Å². The van der Waals surface area contributed by atoms with Gasteiger partial charge in [0.15, 0.2) is 0 Å². The standard InChI is InChI=1S/C10H13NO2/c11-4-3-8-6-1-2-7(5-6)9(8)10(12)13/h6-9H,1-3,5H2,(H,12,13). The van der Waals surface area contributed by atoms with Crippen LogP contribution in [0.3, 0.4) is 0 Å². The summed E-state index contributed by atoms with van der Waals surface area (Å²) in [5.41, 5.74) is 0. The van der Waals surface area contributed by atoms with E-state index in [1.165, 1.54) is 0 Å². The number of hydrogen-bond donors (Lipinski definition) is 1. The van der Waals surface area contributed by atoms with Gasteiger partial charge in [0.2, 0.25) is 0 Å². The molecule has 2 aliphatic carbocycles. The third-order valence-electron chi connectivity index (χ3n) is 3.70. The Balaban J connectivity index is 2.16. The second kappa shape index (κ2) is 3.02. The van der Waals surface area contributed by atoms with Gasteiger partial charge >= 0.3 is 5.97 Å². The summed E-state index contributed by atoms with van der Waals surface area (Å²) < 4.78 is 0. The molecule has 13 heavy (non-hydrogen) atoms. The number of carbonyl (C=O) groups is 1. The fourth-order valence-corrected chi connectivity index (χ4v) is 3.19. The molecule has 0 saturated heterocycles. The number of fused-ring (bicyclic) bond motifs is 2. The fourth-order valence-electron chi connectivity index (χ4n) is 3.19. The molecular formula is C10H13NO2. The van der Waals surface area contributed by atoms with Crippen LogP contribution in [0.25, 0.3) is 0 Å². The summed E-state index contributed by atoms with van der Waals surface area (Å²) in [7, 11) is 0. The number of rotatable bonds is 2. The molecule has 0 aromatic rings. The molecule has 0 aliphatic heterocycles. The highest BCUT2D eigenvalue weighted by Crippen LogP contribution is 2.53. The zero-order valence-corrected chi connectivity index (χ0v) is 7.44. The molecule has 2 rings (SSSR count). The van der Waals surface area contributed by atoms with Crippen molar-refractivity contribution in [3.63, 3.8) is 0 Å². The third kappa shape index (κ3) is 1.21. The van der Waals surface area contributed by atoms with Crippen LogP contribution in [-0.4, -0.2) is 11.1 Å². The minimum Gasteiger partial charge on any atom is -0.481 e. The molecule has 2 aliphatic rings. The van der Waals surface area contributed by atoms with Crippen molar-refractivity contribution < 1.29 is 9.90 Å². The molecule has 2 saturated carbocycles. The maximum atomic E-state index is 11.0. The minimum atomic E-state index is -0.688. The number of hydrogen-bond acceptors (Lipinski definition) is 2. The summed E-state index contributed by atoms with van der Waals surface area (Å²) in [6, 6.07) is 2.12. The van der Waals surface area contributed by atoms with E-state index < -0.39 is 5.97 Å². The first-order chi connectivity index (χ1) is 6.24. The van der Waals surface area contributed by atoms with Crippen LogP contribution in [0.2, 0.25) is 0 Å². The summed E-state index contributed by atoms with van der Waals surface area (Å²) in [5.74, 6) is 0.110. The Bertz CT molecular complexity index is 269. The lowest BCUT2D eigenvalue weighted by Crippen LogP contribution is -2.29. The topological polar surface area (TPSA) is 61.1 Å². The normalized spacial score (nSPS) is 41.8. The SMILES string of the molecule is N#CCC1C2CCC(C2)C1C(=O)O. The van der Waals surface area contributed by atoms with Gasteiger partial charge in [-0.1, -0.05) is 0 Å². The zero-order valence-electron chi connectivity index (χ0n) is 7.44. The first kappa shape index (κ1) is 8.55. The number of aliphatic carboxylic acids is 1. The van der Waals surface area contributed by atoms with Crippen molar-refractivity contribution >= 4 is 5.97 Å². The van der Waals surface area contributed by atoms with E-state index in [1.807, 2.05) is 0 Å². The van der Waals surface area contributed by atoms with E-state index in [2.05, 4.69) is 6.07 Å². The molecule has 3 nitrogen and oxygen atoms in total. The number of carboxylic acids is 1. The fraction of sp³-hybridized carbons (Fsp3) is 0.800. The molecule has 0 spiro atoms. The van der Waals surface area contributed by atoms with Crippen molar-refractivity contribution in [1.82, 2.24) is 0 Å².